The highest BCUT2D eigenvalue weighted by Crippen LogP contribution is 2.25. The van der Waals surface area contributed by atoms with Crippen LogP contribution in [0.15, 0.2) is 0 Å². The fourth-order valence-corrected chi connectivity index (χ4v) is 3.55. The van der Waals surface area contributed by atoms with E-state index in [1.165, 1.54) is 16.7 Å². The second-order valence-electron chi connectivity index (χ2n) is 7.24. The third-order valence-electron chi connectivity index (χ3n) is 5.04. The van der Waals surface area contributed by atoms with Crippen LogP contribution in [0.2, 0.25) is 0 Å². The van der Waals surface area contributed by atoms with Crippen molar-refractivity contribution in [3.05, 3.63) is 0 Å². The molecule has 0 saturated carbocycles. The maximum atomic E-state index is 13.0. The van der Waals surface area contributed by atoms with Crippen molar-refractivity contribution < 1.29 is 24.6 Å². The first-order valence-corrected chi connectivity index (χ1v) is 9.24. The summed E-state index contributed by atoms with van der Waals surface area (Å²) in [7, 11) is 0. The average Bonchev–Trinajstić information content (AvgIpc) is 3.26. The number of hydrogen-bond donors (Lipinski definition) is 4. The van der Waals surface area contributed by atoms with Crippen LogP contribution < -0.4 is 11.1 Å². The number of carbonyl (C=O) groups is 3. The quantitative estimate of drug-likeness (QED) is 0.434. The molecule has 0 radical (unpaired) electrons. The van der Waals surface area contributed by atoms with Gasteiger partial charge in [0.05, 0.1) is 12.2 Å². The van der Waals surface area contributed by atoms with Gasteiger partial charge >= 0.3 is 0 Å². The molecule has 0 bridgehead atoms. The number of nitrogens with zero attached hydrogens (tertiary/aromatic N) is 2. The molecule has 0 unspecified atom stereocenters. The molecule has 9 heteroatoms. The minimum Gasteiger partial charge on any atom is -0.392 e. The fraction of sp³-hybridized carbons (Fsp3) is 0.824. The van der Waals surface area contributed by atoms with E-state index in [1.54, 1.807) is 6.92 Å². The van der Waals surface area contributed by atoms with E-state index in [0.29, 0.717) is 38.8 Å². The molecule has 0 spiro atoms. The Morgan fingerprint density at radius 2 is 1.65 bits per heavy atom. The smallest absolute Gasteiger partial charge is 0.246 e. The molecule has 2 fully saturated rings. The summed E-state index contributed by atoms with van der Waals surface area (Å²) in [4.78, 5) is 40.8. The minimum atomic E-state index is -1.06. The summed E-state index contributed by atoms with van der Waals surface area (Å²) >= 11 is 0. The Hall–Kier alpha value is -1.71. The largest absolute Gasteiger partial charge is 0.392 e. The fourth-order valence-electron chi connectivity index (χ4n) is 3.55. The van der Waals surface area contributed by atoms with Gasteiger partial charge in [0.25, 0.3) is 0 Å². The van der Waals surface area contributed by atoms with Gasteiger partial charge in [-0.3, -0.25) is 14.4 Å². The Bertz CT molecular complexity index is 539. The van der Waals surface area contributed by atoms with Crippen molar-refractivity contribution in [1.29, 1.82) is 0 Å². The lowest BCUT2D eigenvalue weighted by Crippen LogP contribution is -2.56. The lowest BCUT2D eigenvalue weighted by atomic mass is 10.1. The van der Waals surface area contributed by atoms with E-state index < -0.39 is 36.2 Å². The number of rotatable bonds is 6. The molecule has 26 heavy (non-hydrogen) atoms. The number of aliphatic hydroxyl groups excluding tert-OH is 2. The third-order valence-corrected chi connectivity index (χ3v) is 5.04. The zero-order chi connectivity index (χ0) is 19.4. The Labute approximate surface area is 153 Å². The maximum Gasteiger partial charge on any atom is 0.246 e. The van der Waals surface area contributed by atoms with Crippen molar-refractivity contribution in [3.63, 3.8) is 0 Å². The summed E-state index contributed by atoms with van der Waals surface area (Å²) in [5.74, 6) is -0.971. The Morgan fingerprint density at radius 3 is 2.23 bits per heavy atom. The Balaban J connectivity index is 2.06. The molecule has 2 aliphatic rings. The van der Waals surface area contributed by atoms with Crippen LogP contribution in [0, 0.1) is 0 Å². The van der Waals surface area contributed by atoms with Crippen LogP contribution in [-0.2, 0) is 14.4 Å². The second-order valence-corrected chi connectivity index (χ2v) is 7.24. The molecule has 0 aromatic carbocycles. The molecule has 2 rings (SSSR count). The van der Waals surface area contributed by atoms with Crippen molar-refractivity contribution in [1.82, 2.24) is 15.1 Å². The van der Waals surface area contributed by atoms with Crippen LogP contribution in [0.3, 0.4) is 0 Å². The van der Waals surface area contributed by atoms with Gasteiger partial charge in [-0.05, 0) is 39.5 Å². The molecule has 0 aliphatic carbocycles. The number of nitrogens with two attached hydrogens (primary N) is 1. The van der Waals surface area contributed by atoms with Crippen molar-refractivity contribution in [3.8, 4) is 0 Å². The molecule has 3 amide bonds. The van der Waals surface area contributed by atoms with E-state index in [0.717, 1.165) is 0 Å². The molecule has 2 saturated heterocycles. The first-order chi connectivity index (χ1) is 12.2. The first kappa shape index (κ1) is 20.6. The van der Waals surface area contributed by atoms with E-state index in [1.807, 2.05) is 0 Å². The van der Waals surface area contributed by atoms with Crippen LogP contribution in [0.5, 0.6) is 0 Å². The molecule has 9 nitrogen and oxygen atoms in total. The number of carbonyl (C=O) groups excluding carboxylic acids is 3. The lowest BCUT2D eigenvalue weighted by Gasteiger charge is -2.32. The van der Waals surface area contributed by atoms with Crippen molar-refractivity contribution in [2.75, 3.05) is 19.6 Å². The lowest BCUT2D eigenvalue weighted by molar-refractivity contribution is -0.148. The Morgan fingerprint density at radius 1 is 1.08 bits per heavy atom. The van der Waals surface area contributed by atoms with Crippen LogP contribution >= 0.6 is 0 Å². The molecule has 0 aromatic heterocycles. The number of likely N-dealkylation sites (tertiary alicyclic amines) is 2. The highest BCUT2D eigenvalue weighted by atomic mass is 16.3. The van der Waals surface area contributed by atoms with Gasteiger partial charge in [0, 0.05) is 19.6 Å². The summed E-state index contributed by atoms with van der Waals surface area (Å²) < 4.78 is 0. The van der Waals surface area contributed by atoms with E-state index in [4.69, 9.17) is 5.73 Å². The van der Waals surface area contributed by atoms with Gasteiger partial charge in [-0.1, -0.05) is 0 Å². The summed E-state index contributed by atoms with van der Waals surface area (Å²) in [6, 6.07) is -2.28. The minimum absolute atomic E-state index is 0.134. The topological polar surface area (TPSA) is 136 Å². The maximum absolute atomic E-state index is 13.0. The number of amides is 3. The molecule has 2 aliphatic heterocycles. The second kappa shape index (κ2) is 8.79. The predicted molar refractivity (Wildman–Crippen MR) is 93.8 cm³/mol. The van der Waals surface area contributed by atoms with Crippen LogP contribution in [0.1, 0.15) is 39.5 Å². The molecule has 0 aromatic rings. The summed E-state index contributed by atoms with van der Waals surface area (Å²) in [5, 5.41) is 21.5. The van der Waals surface area contributed by atoms with Crippen molar-refractivity contribution in [2.45, 2.75) is 69.9 Å². The van der Waals surface area contributed by atoms with Gasteiger partial charge < -0.3 is 31.1 Å². The average molecular weight is 370 g/mol. The highest BCUT2D eigenvalue weighted by Gasteiger charge is 2.43. The van der Waals surface area contributed by atoms with Gasteiger partial charge in [-0.2, -0.15) is 0 Å². The number of hydrogen-bond acceptors (Lipinski definition) is 6. The first-order valence-electron chi connectivity index (χ1n) is 9.24. The summed E-state index contributed by atoms with van der Waals surface area (Å²) in [6.07, 6.45) is 0.827. The van der Waals surface area contributed by atoms with Gasteiger partial charge in [-0.25, -0.2) is 0 Å². The van der Waals surface area contributed by atoms with Gasteiger partial charge in [0.15, 0.2) is 0 Å². The van der Waals surface area contributed by atoms with E-state index >= 15 is 0 Å². The zero-order valence-corrected chi connectivity index (χ0v) is 15.4. The third kappa shape index (κ3) is 4.52. The summed E-state index contributed by atoms with van der Waals surface area (Å²) in [6.45, 7) is 4.04. The van der Waals surface area contributed by atoms with E-state index in [-0.39, 0.29) is 18.4 Å². The monoisotopic (exact) mass is 370 g/mol. The van der Waals surface area contributed by atoms with Gasteiger partial charge in [-0.15, -0.1) is 0 Å². The highest BCUT2D eigenvalue weighted by molar-refractivity contribution is 5.94. The predicted octanol–water partition coefficient (Wildman–Crippen LogP) is -1.83. The van der Waals surface area contributed by atoms with E-state index in [2.05, 4.69) is 5.32 Å². The zero-order valence-electron chi connectivity index (χ0n) is 15.4. The molecular weight excluding hydrogens is 340 g/mol. The van der Waals surface area contributed by atoms with Crippen LogP contribution in [-0.4, -0.2) is 87.7 Å². The van der Waals surface area contributed by atoms with E-state index in [9.17, 15) is 24.6 Å². The standard InChI is InChI=1S/C17H30N4O5/c1-10(22)9-19-15(24)12-5-3-7-20(12)16(25)13-6-4-8-21(13)17(26)14(18)11(2)23/h10-14,22-23H,3-9,18H2,1-2H3,(H,19,24)/t10-,11-,12+,13+,14+/m1/s1. The van der Waals surface area contributed by atoms with Gasteiger partial charge in [0.2, 0.25) is 17.7 Å². The molecule has 5 atom stereocenters. The molecule has 148 valence electrons. The van der Waals surface area contributed by atoms with Crippen LogP contribution in [0.25, 0.3) is 0 Å². The van der Waals surface area contributed by atoms with Crippen LogP contribution in [0.4, 0.5) is 0 Å². The SMILES string of the molecule is C[C@@H](O)CNC(=O)[C@@H]1CCCN1C(=O)[C@@H]1CCCN1C(=O)[C@@H](N)[C@@H](C)O. The van der Waals surface area contributed by atoms with Gasteiger partial charge in [0.1, 0.15) is 18.1 Å². The molecule has 5 N–H and O–H groups in total. The number of aliphatic hydroxyl groups is 2. The normalized spacial score (nSPS) is 26.5. The number of nitrogens with one attached hydrogen (secondary N) is 1. The Kier molecular flexibility index (Phi) is 6.96. The van der Waals surface area contributed by atoms with Crippen molar-refractivity contribution in [2.24, 2.45) is 5.73 Å². The summed E-state index contributed by atoms with van der Waals surface area (Å²) in [5.41, 5.74) is 5.75. The van der Waals surface area contributed by atoms with Crippen molar-refractivity contribution >= 4 is 17.7 Å². The molecular formula is C17H30N4O5. The molecule has 2 heterocycles.